The Labute approximate surface area is 178 Å². The van der Waals surface area contributed by atoms with E-state index in [-0.39, 0.29) is 24.3 Å². The number of carbonyl (C=O) groups is 2. The summed E-state index contributed by atoms with van der Waals surface area (Å²) in [5, 5.41) is 14.3. The highest BCUT2D eigenvalue weighted by atomic mass is 19.4. The van der Waals surface area contributed by atoms with Crippen molar-refractivity contribution in [3.63, 3.8) is 0 Å². The van der Waals surface area contributed by atoms with Crippen LogP contribution in [0.1, 0.15) is 37.5 Å². The van der Waals surface area contributed by atoms with Gasteiger partial charge in [-0.3, -0.25) is 4.79 Å². The largest absolute Gasteiger partial charge is 0.508 e. The summed E-state index contributed by atoms with van der Waals surface area (Å²) in [4.78, 5) is 24.9. The van der Waals surface area contributed by atoms with Crippen LogP contribution in [-0.4, -0.2) is 28.7 Å². The van der Waals surface area contributed by atoms with E-state index in [1.165, 1.54) is 30.3 Å². The summed E-state index contributed by atoms with van der Waals surface area (Å²) in [6, 6.07) is 9.84. The van der Waals surface area contributed by atoms with E-state index in [9.17, 15) is 27.9 Å². The Morgan fingerprint density at radius 1 is 1.03 bits per heavy atom. The second-order valence-corrected chi connectivity index (χ2v) is 7.94. The Bertz CT molecular complexity index is 906. The van der Waals surface area contributed by atoms with Crippen LogP contribution in [0.4, 0.5) is 18.0 Å². The zero-order chi connectivity index (χ0) is 23.2. The number of alkyl halides is 3. The normalized spacial score (nSPS) is 12.7. The SMILES string of the molecule is CC(C)(C)OC(=O)NC(Cc1ccc(O)cc1)C(=O)NCc1ccccc1C(F)(F)F. The lowest BCUT2D eigenvalue weighted by Gasteiger charge is -2.23. The van der Waals surface area contributed by atoms with E-state index in [0.29, 0.717) is 5.56 Å². The van der Waals surface area contributed by atoms with E-state index >= 15 is 0 Å². The fraction of sp³-hybridized carbons (Fsp3) is 0.364. The molecule has 2 aromatic carbocycles. The Kier molecular flexibility index (Phi) is 7.54. The number of alkyl carbamates (subject to hydrolysis) is 1. The van der Waals surface area contributed by atoms with Crippen molar-refractivity contribution >= 4 is 12.0 Å². The maximum absolute atomic E-state index is 13.2. The molecule has 3 N–H and O–H groups in total. The van der Waals surface area contributed by atoms with Gasteiger partial charge in [0.2, 0.25) is 5.91 Å². The summed E-state index contributed by atoms with van der Waals surface area (Å²) >= 11 is 0. The Morgan fingerprint density at radius 2 is 1.65 bits per heavy atom. The monoisotopic (exact) mass is 438 g/mol. The predicted octanol–water partition coefficient (Wildman–Crippen LogP) is 4.16. The first kappa shape index (κ1) is 24.0. The lowest BCUT2D eigenvalue weighted by Crippen LogP contribution is -2.49. The van der Waals surface area contributed by atoms with Gasteiger partial charge < -0.3 is 20.5 Å². The Morgan fingerprint density at radius 3 is 2.23 bits per heavy atom. The van der Waals surface area contributed by atoms with Crippen molar-refractivity contribution in [1.82, 2.24) is 10.6 Å². The van der Waals surface area contributed by atoms with E-state index in [2.05, 4.69) is 10.6 Å². The third-order valence-electron chi connectivity index (χ3n) is 4.16. The number of aromatic hydroxyl groups is 1. The van der Waals surface area contributed by atoms with Crippen LogP contribution in [-0.2, 0) is 28.7 Å². The maximum atomic E-state index is 13.2. The molecule has 31 heavy (non-hydrogen) atoms. The number of hydrogen-bond donors (Lipinski definition) is 3. The van der Waals surface area contributed by atoms with Crippen molar-refractivity contribution in [2.45, 2.75) is 51.6 Å². The Balaban J connectivity index is 2.15. The van der Waals surface area contributed by atoms with Crippen molar-refractivity contribution in [3.05, 3.63) is 65.2 Å². The number of phenolic OH excluding ortho intramolecular Hbond substituents is 1. The van der Waals surface area contributed by atoms with E-state index in [0.717, 1.165) is 6.07 Å². The number of benzene rings is 2. The first-order chi connectivity index (χ1) is 14.3. The lowest BCUT2D eigenvalue weighted by atomic mass is 10.0. The van der Waals surface area contributed by atoms with Gasteiger partial charge in [-0.2, -0.15) is 13.2 Å². The summed E-state index contributed by atoms with van der Waals surface area (Å²) in [6.45, 7) is 4.62. The van der Waals surface area contributed by atoms with Gasteiger partial charge in [0.25, 0.3) is 0 Å². The number of hydrogen-bond acceptors (Lipinski definition) is 4. The average Bonchev–Trinajstić information content (AvgIpc) is 2.65. The molecule has 0 aliphatic heterocycles. The van der Waals surface area contributed by atoms with Crippen molar-refractivity contribution in [3.8, 4) is 5.75 Å². The van der Waals surface area contributed by atoms with Crippen LogP contribution >= 0.6 is 0 Å². The molecule has 2 aromatic rings. The van der Waals surface area contributed by atoms with E-state index < -0.39 is 35.4 Å². The van der Waals surface area contributed by atoms with E-state index in [1.54, 1.807) is 32.9 Å². The van der Waals surface area contributed by atoms with Gasteiger partial charge in [0.1, 0.15) is 17.4 Å². The molecule has 168 valence electrons. The summed E-state index contributed by atoms with van der Waals surface area (Å²) in [7, 11) is 0. The molecule has 9 heteroatoms. The van der Waals surface area contributed by atoms with Crippen LogP contribution in [0.2, 0.25) is 0 Å². The first-order valence-electron chi connectivity index (χ1n) is 9.55. The highest BCUT2D eigenvalue weighted by molar-refractivity contribution is 5.86. The van der Waals surface area contributed by atoms with Gasteiger partial charge in [-0.15, -0.1) is 0 Å². The van der Waals surface area contributed by atoms with E-state index in [1.807, 2.05) is 0 Å². The third-order valence-corrected chi connectivity index (χ3v) is 4.16. The zero-order valence-electron chi connectivity index (χ0n) is 17.4. The molecule has 1 atom stereocenters. The minimum atomic E-state index is -4.55. The number of nitrogens with one attached hydrogen (secondary N) is 2. The fourth-order valence-corrected chi connectivity index (χ4v) is 2.78. The molecule has 0 fully saturated rings. The molecule has 0 radical (unpaired) electrons. The van der Waals surface area contributed by atoms with Crippen LogP contribution in [0, 0.1) is 0 Å². The second kappa shape index (κ2) is 9.72. The van der Waals surface area contributed by atoms with Crippen molar-refractivity contribution in [1.29, 1.82) is 0 Å². The second-order valence-electron chi connectivity index (χ2n) is 7.94. The fourth-order valence-electron chi connectivity index (χ4n) is 2.78. The number of ether oxygens (including phenoxy) is 1. The molecule has 2 rings (SSSR count). The molecule has 0 aliphatic rings. The minimum Gasteiger partial charge on any atom is -0.508 e. The number of carbonyl (C=O) groups excluding carboxylic acids is 2. The van der Waals surface area contributed by atoms with Crippen molar-refractivity contribution < 1.29 is 32.6 Å². The van der Waals surface area contributed by atoms with Crippen LogP contribution in [0.3, 0.4) is 0 Å². The number of rotatable bonds is 6. The van der Waals surface area contributed by atoms with Crippen molar-refractivity contribution in [2.24, 2.45) is 0 Å². The smallest absolute Gasteiger partial charge is 0.416 e. The van der Waals surface area contributed by atoms with Crippen LogP contribution < -0.4 is 10.6 Å². The van der Waals surface area contributed by atoms with Gasteiger partial charge in [0, 0.05) is 13.0 Å². The highest BCUT2D eigenvalue weighted by Crippen LogP contribution is 2.31. The molecule has 0 aliphatic carbocycles. The van der Waals surface area contributed by atoms with E-state index in [4.69, 9.17) is 4.74 Å². The molecule has 0 saturated heterocycles. The number of amides is 2. The van der Waals surface area contributed by atoms with Gasteiger partial charge in [-0.25, -0.2) is 4.79 Å². The quantitative estimate of drug-likeness (QED) is 0.632. The zero-order valence-corrected chi connectivity index (χ0v) is 17.4. The summed E-state index contributed by atoms with van der Waals surface area (Å²) in [5.74, 6) is -0.635. The van der Waals surface area contributed by atoms with Crippen molar-refractivity contribution in [2.75, 3.05) is 0 Å². The van der Waals surface area contributed by atoms with Crippen LogP contribution in [0.5, 0.6) is 5.75 Å². The number of phenols is 1. The van der Waals surface area contributed by atoms with Gasteiger partial charge in [0.15, 0.2) is 0 Å². The molecular weight excluding hydrogens is 413 g/mol. The molecule has 0 aromatic heterocycles. The molecule has 0 heterocycles. The predicted molar refractivity (Wildman–Crippen MR) is 108 cm³/mol. The highest BCUT2D eigenvalue weighted by Gasteiger charge is 2.33. The van der Waals surface area contributed by atoms with Gasteiger partial charge in [-0.05, 0) is 50.1 Å². The molecular formula is C22H25F3N2O4. The topological polar surface area (TPSA) is 87.7 Å². The molecule has 6 nitrogen and oxygen atoms in total. The van der Waals surface area contributed by atoms with Gasteiger partial charge >= 0.3 is 12.3 Å². The standard InChI is InChI=1S/C22H25F3N2O4/c1-21(2,3)31-20(30)27-18(12-14-8-10-16(28)11-9-14)19(29)26-13-15-6-4-5-7-17(15)22(23,24)25/h4-11,18,28H,12-13H2,1-3H3,(H,26,29)(H,27,30). The molecule has 1 unspecified atom stereocenters. The van der Waals surface area contributed by atoms with Crippen LogP contribution in [0.25, 0.3) is 0 Å². The summed E-state index contributed by atoms with van der Waals surface area (Å²) < 4.78 is 44.7. The minimum absolute atomic E-state index is 0.0358. The van der Waals surface area contributed by atoms with Gasteiger partial charge in [-0.1, -0.05) is 30.3 Å². The Hall–Kier alpha value is -3.23. The summed E-state index contributed by atoms with van der Waals surface area (Å²) in [5.41, 5.74) is -1.10. The third kappa shape index (κ3) is 7.84. The molecule has 0 saturated carbocycles. The first-order valence-corrected chi connectivity index (χ1v) is 9.55. The number of halogens is 3. The van der Waals surface area contributed by atoms with Crippen LogP contribution in [0.15, 0.2) is 48.5 Å². The molecule has 0 bridgehead atoms. The molecule has 0 spiro atoms. The average molecular weight is 438 g/mol. The lowest BCUT2D eigenvalue weighted by molar-refractivity contribution is -0.138. The molecule has 2 amide bonds. The summed E-state index contributed by atoms with van der Waals surface area (Å²) in [6.07, 6.45) is -5.34. The maximum Gasteiger partial charge on any atom is 0.416 e. The van der Waals surface area contributed by atoms with Gasteiger partial charge in [0.05, 0.1) is 5.56 Å².